The fraction of sp³-hybridized carbons (Fsp3) is 0.0909. The molecule has 2 rings (SSSR count). The molecule has 0 amide bonds. The molecule has 0 radical (unpaired) electrons. The van der Waals surface area contributed by atoms with Gasteiger partial charge in [-0.05, 0) is 29.1 Å². The first-order valence-electron chi connectivity index (χ1n) is 4.24. The average molecular weight is 208 g/mol. The Morgan fingerprint density at radius 3 is 2.71 bits per heavy atom. The summed E-state index contributed by atoms with van der Waals surface area (Å²) in [5, 5.41) is 11.7. The van der Waals surface area contributed by atoms with Gasteiger partial charge in [-0.1, -0.05) is 18.2 Å². The summed E-state index contributed by atoms with van der Waals surface area (Å²) >= 11 is 1.46. The van der Waals surface area contributed by atoms with Gasteiger partial charge in [-0.2, -0.15) is 0 Å². The highest BCUT2D eigenvalue weighted by molar-refractivity contribution is 7.10. The van der Waals surface area contributed by atoms with Crippen LogP contribution in [0.5, 0.6) is 0 Å². The van der Waals surface area contributed by atoms with Crippen LogP contribution in [0.15, 0.2) is 41.8 Å². The molecule has 0 saturated carbocycles. The molecule has 1 N–H and O–H groups in total. The van der Waals surface area contributed by atoms with Gasteiger partial charge in [0, 0.05) is 4.88 Å². The Bertz CT molecular complexity index is 411. The van der Waals surface area contributed by atoms with Gasteiger partial charge in [-0.3, -0.25) is 0 Å². The standard InChI is InChI=1S/C11H9FOS/c12-9-4-1-3-8(7-9)11(13)10-5-2-6-14-10/h1-7,11,13H. The SMILES string of the molecule is OC(c1cccc(F)c1)c1cccs1. The van der Waals surface area contributed by atoms with Crippen LogP contribution in [0.1, 0.15) is 16.5 Å². The van der Waals surface area contributed by atoms with Crippen LogP contribution >= 0.6 is 11.3 Å². The van der Waals surface area contributed by atoms with Crippen molar-refractivity contribution in [1.29, 1.82) is 0 Å². The Hall–Kier alpha value is -1.19. The van der Waals surface area contributed by atoms with E-state index >= 15 is 0 Å². The van der Waals surface area contributed by atoms with Gasteiger partial charge in [0.25, 0.3) is 0 Å². The van der Waals surface area contributed by atoms with Gasteiger partial charge < -0.3 is 5.11 Å². The summed E-state index contributed by atoms with van der Waals surface area (Å²) in [7, 11) is 0. The third kappa shape index (κ3) is 1.84. The quantitative estimate of drug-likeness (QED) is 0.804. The second-order valence-electron chi connectivity index (χ2n) is 2.97. The zero-order valence-electron chi connectivity index (χ0n) is 7.35. The lowest BCUT2D eigenvalue weighted by molar-refractivity contribution is 0.223. The predicted molar refractivity (Wildman–Crippen MR) is 54.8 cm³/mol. The molecule has 1 aromatic carbocycles. The zero-order valence-corrected chi connectivity index (χ0v) is 8.17. The minimum Gasteiger partial charge on any atom is -0.383 e. The number of aliphatic hydroxyl groups is 1. The summed E-state index contributed by atoms with van der Waals surface area (Å²) in [6, 6.07) is 9.73. The maximum atomic E-state index is 12.9. The van der Waals surface area contributed by atoms with Gasteiger partial charge in [0.2, 0.25) is 0 Å². The van der Waals surface area contributed by atoms with E-state index in [1.807, 2.05) is 17.5 Å². The molecule has 1 aromatic heterocycles. The van der Waals surface area contributed by atoms with Crippen molar-refractivity contribution in [3.8, 4) is 0 Å². The fourth-order valence-corrected chi connectivity index (χ4v) is 2.02. The van der Waals surface area contributed by atoms with Crippen LogP contribution in [0.25, 0.3) is 0 Å². The molecule has 72 valence electrons. The lowest BCUT2D eigenvalue weighted by Crippen LogP contribution is -1.96. The van der Waals surface area contributed by atoms with Crippen LogP contribution in [0.3, 0.4) is 0 Å². The third-order valence-electron chi connectivity index (χ3n) is 1.98. The van der Waals surface area contributed by atoms with Crippen LogP contribution < -0.4 is 0 Å². The van der Waals surface area contributed by atoms with E-state index in [0.717, 1.165) is 4.88 Å². The largest absolute Gasteiger partial charge is 0.383 e. The van der Waals surface area contributed by atoms with Crippen molar-refractivity contribution in [2.45, 2.75) is 6.10 Å². The molecule has 14 heavy (non-hydrogen) atoms. The summed E-state index contributed by atoms with van der Waals surface area (Å²) in [6.45, 7) is 0. The number of aliphatic hydroxyl groups excluding tert-OH is 1. The van der Waals surface area contributed by atoms with Crippen molar-refractivity contribution in [1.82, 2.24) is 0 Å². The molecule has 1 nitrogen and oxygen atoms in total. The van der Waals surface area contributed by atoms with Gasteiger partial charge in [0.1, 0.15) is 11.9 Å². The van der Waals surface area contributed by atoms with Crippen LogP contribution in [-0.4, -0.2) is 5.11 Å². The third-order valence-corrected chi connectivity index (χ3v) is 2.90. The molecule has 2 aromatic rings. The molecule has 1 heterocycles. The number of halogens is 1. The molecular weight excluding hydrogens is 199 g/mol. The first-order valence-corrected chi connectivity index (χ1v) is 5.12. The first kappa shape index (κ1) is 9.37. The number of thiophene rings is 1. The maximum absolute atomic E-state index is 12.9. The summed E-state index contributed by atoms with van der Waals surface area (Å²) in [6.07, 6.45) is -0.717. The highest BCUT2D eigenvalue weighted by Crippen LogP contribution is 2.25. The van der Waals surface area contributed by atoms with Crippen molar-refractivity contribution in [3.05, 3.63) is 58.0 Å². The Morgan fingerprint density at radius 2 is 2.07 bits per heavy atom. The molecule has 0 aliphatic rings. The van der Waals surface area contributed by atoms with E-state index in [1.165, 1.54) is 23.5 Å². The number of hydrogen-bond acceptors (Lipinski definition) is 2. The maximum Gasteiger partial charge on any atom is 0.123 e. The monoisotopic (exact) mass is 208 g/mol. The zero-order chi connectivity index (χ0) is 9.97. The lowest BCUT2D eigenvalue weighted by Gasteiger charge is -2.08. The molecule has 0 bridgehead atoms. The van der Waals surface area contributed by atoms with Crippen molar-refractivity contribution in [2.75, 3.05) is 0 Å². The number of benzene rings is 1. The van der Waals surface area contributed by atoms with Gasteiger partial charge in [0.05, 0.1) is 0 Å². The summed E-state index contributed by atoms with van der Waals surface area (Å²) < 4.78 is 12.9. The Kier molecular flexibility index (Phi) is 2.61. The lowest BCUT2D eigenvalue weighted by atomic mass is 10.1. The minimum atomic E-state index is -0.717. The van der Waals surface area contributed by atoms with Crippen LogP contribution in [0.2, 0.25) is 0 Å². The van der Waals surface area contributed by atoms with Crippen molar-refractivity contribution in [3.63, 3.8) is 0 Å². The summed E-state index contributed by atoms with van der Waals surface area (Å²) in [4.78, 5) is 0.829. The van der Waals surface area contributed by atoms with Crippen molar-refractivity contribution >= 4 is 11.3 Å². The second-order valence-corrected chi connectivity index (χ2v) is 3.95. The molecule has 1 atom stereocenters. The van der Waals surface area contributed by atoms with E-state index in [1.54, 1.807) is 12.1 Å². The minimum absolute atomic E-state index is 0.321. The molecule has 0 fully saturated rings. The van der Waals surface area contributed by atoms with E-state index in [2.05, 4.69) is 0 Å². The van der Waals surface area contributed by atoms with Crippen LogP contribution in [0, 0.1) is 5.82 Å². The summed E-state index contributed by atoms with van der Waals surface area (Å²) in [5.41, 5.74) is 0.590. The fourth-order valence-electron chi connectivity index (χ4n) is 1.29. The highest BCUT2D eigenvalue weighted by atomic mass is 32.1. The predicted octanol–water partition coefficient (Wildman–Crippen LogP) is 2.97. The highest BCUT2D eigenvalue weighted by Gasteiger charge is 2.11. The van der Waals surface area contributed by atoms with Crippen molar-refractivity contribution < 1.29 is 9.50 Å². The van der Waals surface area contributed by atoms with Gasteiger partial charge in [-0.25, -0.2) is 4.39 Å². The Labute approximate surface area is 85.5 Å². The smallest absolute Gasteiger partial charge is 0.123 e. The van der Waals surface area contributed by atoms with E-state index in [0.29, 0.717) is 5.56 Å². The molecule has 0 spiro atoms. The van der Waals surface area contributed by atoms with E-state index in [9.17, 15) is 9.50 Å². The Balaban J connectivity index is 2.32. The second kappa shape index (κ2) is 3.90. The van der Waals surface area contributed by atoms with Crippen LogP contribution in [0.4, 0.5) is 4.39 Å². The molecule has 3 heteroatoms. The van der Waals surface area contributed by atoms with Gasteiger partial charge in [-0.15, -0.1) is 11.3 Å². The first-order chi connectivity index (χ1) is 6.77. The van der Waals surface area contributed by atoms with Crippen LogP contribution in [-0.2, 0) is 0 Å². The molecule has 1 unspecified atom stereocenters. The topological polar surface area (TPSA) is 20.2 Å². The van der Waals surface area contributed by atoms with Gasteiger partial charge in [0.15, 0.2) is 0 Å². The molecular formula is C11H9FOS. The normalized spacial score (nSPS) is 12.7. The van der Waals surface area contributed by atoms with E-state index in [-0.39, 0.29) is 5.82 Å². The van der Waals surface area contributed by atoms with E-state index < -0.39 is 6.10 Å². The molecule has 0 saturated heterocycles. The summed E-state index contributed by atoms with van der Waals surface area (Å²) in [5.74, 6) is -0.321. The van der Waals surface area contributed by atoms with Crippen molar-refractivity contribution in [2.24, 2.45) is 0 Å². The van der Waals surface area contributed by atoms with E-state index in [4.69, 9.17) is 0 Å². The molecule has 0 aliphatic carbocycles. The number of rotatable bonds is 2. The number of hydrogen-bond donors (Lipinski definition) is 1. The van der Waals surface area contributed by atoms with Gasteiger partial charge >= 0.3 is 0 Å². The Morgan fingerprint density at radius 1 is 1.21 bits per heavy atom. The molecule has 0 aliphatic heterocycles. The average Bonchev–Trinajstić information content (AvgIpc) is 2.69.